The maximum atomic E-state index is 13.5. The van der Waals surface area contributed by atoms with Crippen LogP contribution in [0.1, 0.15) is 69.7 Å². The summed E-state index contributed by atoms with van der Waals surface area (Å²) >= 11 is 0. The maximum absolute atomic E-state index is 13.5. The Balaban J connectivity index is -0.000000115. The van der Waals surface area contributed by atoms with Gasteiger partial charge < -0.3 is 14.2 Å². The number of ether oxygens (including phenoxy) is 10. The van der Waals surface area contributed by atoms with Crippen LogP contribution in [0.15, 0.2) is 74.4 Å². The fraction of sp³-hybridized carbons (Fsp3) is 0.782. The van der Waals surface area contributed by atoms with Crippen LogP contribution in [0.2, 0.25) is 0 Å². The predicted molar refractivity (Wildman–Crippen MR) is 303 cm³/mol. The van der Waals surface area contributed by atoms with Gasteiger partial charge in [-0.25, -0.2) is 39.5 Å². The molecule has 10 nitrogen and oxygen atoms in total. The van der Waals surface area contributed by atoms with Crippen LogP contribution < -0.4 is 0 Å². The Morgan fingerprint density at radius 1 is 0.183 bits per heavy atom. The lowest BCUT2D eigenvalue weighted by Crippen LogP contribution is -2.64. The zero-order chi connectivity index (χ0) is 106. The summed E-state index contributed by atoms with van der Waals surface area (Å²) in [6, 6.07) is 0. The largest absolute Gasteiger partial charge is 0.458 e. The van der Waals surface area contributed by atoms with Crippen molar-refractivity contribution in [2.75, 3.05) is 41.4 Å². The van der Waals surface area contributed by atoms with Crippen LogP contribution in [0.3, 0.4) is 0 Å². The van der Waals surface area contributed by atoms with E-state index in [4.69, 9.17) is 0 Å². The number of hydrogen-bond acceptors (Lipinski definition) is 10. The van der Waals surface area contributed by atoms with Gasteiger partial charge in [0.1, 0.15) is 19.8 Å². The van der Waals surface area contributed by atoms with Crippen molar-refractivity contribution < 1.29 is 337 Å². The molecule has 0 N–H and O–H groups in total. The van der Waals surface area contributed by atoms with Gasteiger partial charge >= 0.3 is 164 Å². The Morgan fingerprint density at radius 2 is 0.313 bits per heavy atom. The van der Waals surface area contributed by atoms with E-state index in [1.807, 2.05) is 18.9 Å². The van der Waals surface area contributed by atoms with Crippen molar-refractivity contribution in [3.8, 4) is 0 Å². The van der Waals surface area contributed by atoms with Crippen molar-refractivity contribution in [3.05, 3.63) is 74.4 Å². The highest BCUT2D eigenvalue weighted by Gasteiger charge is 2.84. The van der Waals surface area contributed by atoms with Gasteiger partial charge in [-0.3, -0.25) is 46.3 Å². The molecule has 0 rings (SSSR count). The van der Waals surface area contributed by atoms with Gasteiger partial charge in [0.05, 0.1) is 21.5 Å². The third-order valence-corrected chi connectivity index (χ3v) is 10.7. The summed E-state index contributed by atoms with van der Waals surface area (Å²) in [6.45, 7) is 3.46. The Bertz CT molecular complexity index is 3160. The van der Waals surface area contributed by atoms with E-state index in [2.05, 4.69) is 41.6 Å². The number of halogens is 66. The summed E-state index contributed by atoms with van der Waals surface area (Å²) in [7, 11) is 1.50. The molecule has 800 valence electrons. The lowest BCUT2D eigenvalue weighted by atomic mass is 10.2. The molecule has 76 heteroatoms. The highest BCUT2D eigenvalue weighted by molar-refractivity contribution is 5.02. The smallest absolute Gasteiger partial charge is 0.306 e. The Kier molecular flexibility index (Phi) is 60.1. The van der Waals surface area contributed by atoms with Crippen molar-refractivity contribution in [3.63, 3.8) is 0 Å². The number of rotatable bonds is 33. The van der Waals surface area contributed by atoms with E-state index in [0.29, 0.717) is 28.5 Å². The van der Waals surface area contributed by atoms with Gasteiger partial charge in [-0.2, -0.15) is 237 Å². The molecular formula is C55H58F66O10. The van der Waals surface area contributed by atoms with Crippen molar-refractivity contribution >= 4 is 0 Å². The van der Waals surface area contributed by atoms with Gasteiger partial charge in [0.15, 0.2) is 35.0 Å². The Hall–Kier alpha value is -6.58. The molecule has 7 unspecified atom stereocenters. The van der Waals surface area contributed by atoms with Crippen LogP contribution in [0.4, 0.5) is 290 Å². The molecule has 0 aliphatic heterocycles. The summed E-state index contributed by atoms with van der Waals surface area (Å²) in [5.74, 6) is -60.9. The molecule has 0 aliphatic carbocycles. The summed E-state index contributed by atoms with van der Waals surface area (Å²) in [5, 5.41) is 0. The van der Waals surface area contributed by atoms with Crippen molar-refractivity contribution in [2.24, 2.45) is 0 Å². The summed E-state index contributed by atoms with van der Waals surface area (Å²) in [4.78, 5) is 0. The molecule has 0 fully saturated rings. The summed E-state index contributed by atoms with van der Waals surface area (Å²) in [6.07, 6.45) is -130. The van der Waals surface area contributed by atoms with Crippen LogP contribution in [-0.2, 0) is 47.4 Å². The molecule has 0 aromatic carbocycles. The Labute approximate surface area is 686 Å². The average molecular weight is 2130 g/mol. The van der Waals surface area contributed by atoms with E-state index < -0.39 is 238 Å². The summed E-state index contributed by atoms with van der Waals surface area (Å²) < 4.78 is 831. The minimum atomic E-state index is -7.21. The lowest BCUT2D eigenvalue weighted by Gasteiger charge is -2.38. The van der Waals surface area contributed by atoms with Gasteiger partial charge in [0.2, 0.25) is 0 Å². The number of hydrogen-bond donors (Lipinski definition) is 0. The first-order valence-corrected chi connectivity index (χ1v) is 28.0. The predicted octanol–water partition coefficient (Wildman–Crippen LogP) is 30.7. The molecule has 0 heterocycles. The van der Waals surface area contributed by atoms with Crippen LogP contribution in [-0.4, -0.2) is 205 Å². The van der Waals surface area contributed by atoms with E-state index in [1.54, 1.807) is 26.3 Å². The molecule has 0 saturated carbocycles. The molecule has 0 aromatic rings. The quantitative estimate of drug-likeness (QED) is 0.0592. The zero-order valence-electron chi connectivity index (χ0n) is 60.0. The second-order valence-electron chi connectivity index (χ2n) is 20.1. The van der Waals surface area contributed by atoms with E-state index in [9.17, 15) is 290 Å². The Morgan fingerprint density at radius 3 is 0.435 bits per heavy atom. The van der Waals surface area contributed by atoms with Crippen molar-refractivity contribution in [1.29, 1.82) is 0 Å². The molecule has 0 aliphatic rings. The fourth-order valence-corrected chi connectivity index (χ4v) is 4.63. The van der Waals surface area contributed by atoms with E-state index in [1.165, 1.54) is 0 Å². The van der Waals surface area contributed by atoms with Crippen molar-refractivity contribution in [2.45, 2.75) is 234 Å². The van der Waals surface area contributed by atoms with Crippen LogP contribution in [0, 0.1) is 0 Å². The standard InChI is InChI=1S/2C10H7F13O2.2C8H4F12O2.C7H7F7O.C5H4F6O.3CH3F.4CH4/c2*1-3-5(12,8(16,17)18)24-10(22,23)7(15,9(19,20)21)25-6(13,14)4(2)11;2*1-3(9)5(13,14)22-6(15,7(16,17)18)8(19,20)21-2-4(10,11)12;1-3-5(9,7(12,13)14)15-6(10,11)4(2)8;1-3(6)5(10,11)12-2-4(7,8)9;3*1-2;;;;/h2*2-3H2,1H3;2*1-2H2;2-3H2,1H3;1-2H2;3*1H3;4*1H4. The average Bonchev–Trinajstić information content (AvgIpc) is 0.735. The topological polar surface area (TPSA) is 92.3 Å². The molecule has 0 amide bonds. The van der Waals surface area contributed by atoms with Crippen LogP contribution in [0.5, 0.6) is 0 Å². The van der Waals surface area contributed by atoms with E-state index >= 15 is 0 Å². The first-order valence-electron chi connectivity index (χ1n) is 28.0. The van der Waals surface area contributed by atoms with E-state index in [0.717, 1.165) is 0 Å². The number of alkyl halides is 60. The molecule has 131 heavy (non-hydrogen) atoms. The SMILES string of the molecule is C.C.C.C.C=C(F)C(F)(F)OC(F)(C(F)(F)F)C(F)(F)OC(F)(CC)C(F)(F)F.C=C(F)C(F)(F)OC(F)(C(F)(F)F)C(F)(F)OC(F)(CC)C(F)(F)F.C=C(F)C(F)(F)OC(F)(C(F)(F)F)C(F)(F)OCC(F)(F)F.C=C(F)C(F)(F)OC(F)(C(F)(F)F)C(F)(F)OCC(F)(F)F.C=C(F)C(F)(F)OC(F)(CC)C(F)(F)F.C=C(F)C(F)(F)OCC(F)(F)F.CF.CF.CF. The minimum Gasteiger partial charge on any atom is -0.306 e. The highest BCUT2D eigenvalue weighted by atomic mass is 19.5. The first-order chi connectivity index (χ1) is 54.7. The first kappa shape index (κ1) is 153. The third kappa shape index (κ3) is 45.3. The second kappa shape index (κ2) is 51.6. The molecule has 0 aromatic heterocycles. The maximum Gasteiger partial charge on any atom is 0.458 e. The molecule has 0 bridgehead atoms. The van der Waals surface area contributed by atoms with Crippen LogP contribution >= 0.6 is 0 Å². The minimum absolute atomic E-state index is 0. The molecule has 0 spiro atoms. The van der Waals surface area contributed by atoms with Gasteiger partial charge in [-0.1, -0.05) is 90.0 Å². The molecule has 0 saturated heterocycles. The molecular weight excluding hydrogens is 2070 g/mol. The summed E-state index contributed by atoms with van der Waals surface area (Å²) in [5.41, 5.74) is 0. The normalized spacial score (nSPS) is 16.5. The lowest BCUT2D eigenvalue weighted by molar-refractivity contribution is -0.527. The van der Waals surface area contributed by atoms with Gasteiger partial charge in [-0.15, -0.1) is 0 Å². The zero-order valence-corrected chi connectivity index (χ0v) is 60.0. The van der Waals surface area contributed by atoms with Gasteiger partial charge in [0.25, 0.3) is 0 Å². The third-order valence-electron chi connectivity index (χ3n) is 10.7. The second-order valence-corrected chi connectivity index (χ2v) is 20.1. The highest BCUT2D eigenvalue weighted by Crippen LogP contribution is 2.58. The molecule has 0 radical (unpaired) electrons. The van der Waals surface area contributed by atoms with E-state index in [-0.39, 0.29) is 43.6 Å². The fourth-order valence-electron chi connectivity index (χ4n) is 4.63. The van der Waals surface area contributed by atoms with Crippen LogP contribution in [0.25, 0.3) is 0 Å². The molecule has 7 atom stereocenters. The van der Waals surface area contributed by atoms with Crippen molar-refractivity contribution in [1.82, 2.24) is 0 Å². The van der Waals surface area contributed by atoms with Gasteiger partial charge in [0, 0.05) is 19.3 Å². The van der Waals surface area contributed by atoms with Gasteiger partial charge in [-0.05, 0) is 0 Å². The monoisotopic (exact) mass is 2130 g/mol.